The van der Waals surface area contributed by atoms with Gasteiger partial charge in [-0.2, -0.15) is 18.3 Å². The van der Waals surface area contributed by atoms with Crippen molar-refractivity contribution in [3.8, 4) is 0 Å². The number of aromatic nitrogens is 3. The van der Waals surface area contributed by atoms with E-state index in [9.17, 15) is 22.8 Å². The quantitative estimate of drug-likeness (QED) is 0.748. The molecule has 2 aromatic heterocycles. The number of rotatable bonds is 3. The number of carbonyl (C=O) groups is 1. The summed E-state index contributed by atoms with van der Waals surface area (Å²) in [4.78, 5) is 27.3. The predicted molar refractivity (Wildman–Crippen MR) is 80.9 cm³/mol. The van der Waals surface area contributed by atoms with Crippen LogP contribution < -0.4 is 5.56 Å². The molecule has 0 aliphatic rings. The minimum Gasteiger partial charge on any atom is -0.358 e. The van der Waals surface area contributed by atoms with E-state index in [1.165, 1.54) is 0 Å². The summed E-state index contributed by atoms with van der Waals surface area (Å²) < 4.78 is 38.7. The molecule has 0 spiro atoms. The first-order valence-corrected chi connectivity index (χ1v) is 7.03. The van der Waals surface area contributed by atoms with E-state index in [1.807, 2.05) is 0 Å². The van der Waals surface area contributed by atoms with Crippen molar-refractivity contribution < 1.29 is 18.0 Å². The molecule has 8 heteroatoms. The van der Waals surface area contributed by atoms with Crippen LogP contribution >= 0.6 is 0 Å². The van der Waals surface area contributed by atoms with Crippen LogP contribution in [0.2, 0.25) is 0 Å². The van der Waals surface area contributed by atoms with Crippen molar-refractivity contribution in [3.05, 3.63) is 63.7 Å². The van der Waals surface area contributed by atoms with E-state index in [-0.39, 0.29) is 0 Å². The summed E-state index contributed by atoms with van der Waals surface area (Å²) in [5.74, 6) is -0.487. The Morgan fingerprint density at radius 2 is 1.92 bits per heavy atom. The summed E-state index contributed by atoms with van der Waals surface area (Å²) in [6.45, 7) is 1.13. The van der Waals surface area contributed by atoms with Crippen LogP contribution in [0.5, 0.6) is 0 Å². The van der Waals surface area contributed by atoms with Crippen LogP contribution in [0.15, 0.2) is 41.2 Å². The number of fused-ring (bicyclic) bond motifs is 1. The Hall–Kier alpha value is -2.90. The van der Waals surface area contributed by atoms with Crippen molar-refractivity contribution in [2.45, 2.75) is 19.6 Å². The number of benzene rings is 1. The van der Waals surface area contributed by atoms with Gasteiger partial charge in [-0.05, 0) is 19.1 Å². The Morgan fingerprint density at radius 3 is 2.62 bits per heavy atom. The standard InChI is InChI=1S/C16H12F3N3O2/c1-9-15(10-4-2-3-5-11(10)20-9)12(23)8-22-14(24)7-6-13(21-22)16(17,18)19/h2-7,20H,8H2,1H3. The van der Waals surface area contributed by atoms with Crippen molar-refractivity contribution in [2.24, 2.45) is 0 Å². The molecule has 3 rings (SSSR count). The predicted octanol–water partition coefficient (Wildman–Crippen LogP) is 2.93. The van der Waals surface area contributed by atoms with Gasteiger partial charge in [0.25, 0.3) is 5.56 Å². The van der Waals surface area contributed by atoms with Gasteiger partial charge in [0, 0.05) is 28.2 Å². The van der Waals surface area contributed by atoms with Gasteiger partial charge in [0.15, 0.2) is 11.5 Å². The molecule has 0 atom stereocenters. The molecule has 1 N–H and O–H groups in total. The molecule has 0 radical (unpaired) electrons. The maximum Gasteiger partial charge on any atom is 0.435 e. The summed E-state index contributed by atoms with van der Waals surface area (Å²) in [7, 11) is 0. The zero-order valence-corrected chi connectivity index (χ0v) is 12.5. The fourth-order valence-corrected chi connectivity index (χ4v) is 2.56. The summed E-state index contributed by atoms with van der Waals surface area (Å²) in [5, 5.41) is 3.90. The monoisotopic (exact) mass is 335 g/mol. The lowest BCUT2D eigenvalue weighted by Gasteiger charge is -2.09. The van der Waals surface area contributed by atoms with E-state index in [2.05, 4.69) is 10.1 Å². The highest BCUT2D eigenvalue weighted by molar-refractivity contribution is 6.09. The van der Waals surface area contributed by atoms with Crippen LogP contribution in [0.3, 0.4) is 0 Å². The number of H-pyrrole nitrogens is 1. The van der Waals surface area contributed by atoms with E-state index in [1.54, 1.807) is 31.2 Å². The van der Waals surface area contributed by atoms with Crippen LogP contribution in [0, 0.1) is 6.92 Å². The van der Waals surface area contributed by atoms with Gasteiger partial charge in [0.05, 0.1) is 0 Å². The van der Waals surface area contributed by atoms with Gasteiger partial charge in [-0.15, -0.1) is 0 Å². The number of aromatic amines is 1. The largest absolute Gasteiger partial charge is 0.435 e. The van der Waals surface area contributed by atoms with Gasteiger partial charge in [0.2, 0.25) is 0 Å². The van der Waals surface area contributed by atoms with Gasteiger partial charge in [-0.3, -0.25) is 9.59 Å². The SMILES string of the molecule is Cc1[nH]c2ccccc2c1C(=O)Cn1nc(C(F)(F)F)ccc1=O. The lowest BCUT2D eigenvalue weighted by molar-refractivity contribution is -0.142. The van der Waals surface area contributed by atoms with Gasteiger partial charge in [0.1, 0.15) is 6.54 Å². The number of nitrogens with one attached hydrogen (secondary N) is 1. The van der Waals surface area contributed by atoms with Crippen molar-refractivity contribution in [1.82, 2.24) is 14.8 Å². The van der Waals surface area contributed by atoms with Crippen molar-refractivity contribution in [3.63, 3.8) is 0 Å². The Bertz CT molecular complexity index is 986. The van der Waals surface area contributed by atoms with E-state index in [0.29, 0.717) is 27.4 Å². The molecule has 0 aliphatic heterocycles. The highest BCUT2D eigenvalue weighted by Gasteiger charge is 2.33. The van der Waals surface area contributed by atoms with E-state index < -0.39 is 29.8 Å². The molecule has 24 heavy (non-hydrogen) atoms. The van der Waals surface area contributed by atoms with E-state index in [0.717, 1.165) is 11.6 Å². The van der Waals surface area contributed by atoms with E-state index in [4.69, 9.17) is 0 Å². The zero-order chi connectivity index (χ0) is 17.5. The van der Waals surface area contributed by atoms with Gasteiger partial charge in [-0.25, -0.2) is 4.68 Å². The minimum absolute atomic E-state index is 0.344. The van der Waals surface area contributed by atoms with Crippen LogP contribution in [-0.2, 0) is 12.7 Å². The molecule has 0 saturated carbocycles. The van der Waals surface area contributed by atoms with Gasteiger partial charge >= 0.3 is 6.18 Å². The lowest BCUT2D eigenvalue weighted by atomic mass is 10.1. The number of carbonyl (C=O) groups excluding carboxylic acids is 1. The molecule has 0 unspecified atom stereocenters. The third-order valence-corrected chi connectivity index (χ3v) is 3.62. The van der Waals surface area contributed by atoms with Crippen LogP contribution in [0.1, 0.15) is 21.7 Å². The Kier molecular flexibility index (Phi) is 3.75. The number of hydrogen-bond donors (Lipinski definition) is 1. The van der Waals surface area contributed by atoms with Gasteiger partial charge < -0.3 is 4.98 Å². The second-order valence-corrected chi connectivity index (χ2v) is 5.31. The van der Waals surface area contributed by atoms with Crippen LogP contribution in [-0.4, -0.2) is 20.5 Å². The minimum atomic E-state index is -4.69. The molecule has 1 aromatic carbocycles. The average Bonchev–Trinajstić information content (AvgIpc) is 2.84. The summed E-state index contributed by atoms with van der Waals surface area (Å²) in [6, 6.07) is 8.42. The fraction of sp³-hybridized carbons (Fsp3) is 0.188. The Labute approximate surface area is 133 Å². The smallest absolute Gasteiger partial charge is 0.358 e. The molecule has 0 bridgehead atoms. The number of para-hydroxylation sites is 1. The first-order valence-electron chi connectivity index (χ1n) is 7.03. The fourth-order valence-electron chi connectivity index (χ4n) is 2.56. The second-order valence-electron chi connectivity index (χ2n) is 5.31. The lowest BCUT2D eigenvalue weighted by Crippen LogP contribution is -2.28. The zero-order valence-electron chi connectivity index (χ0n) is 12.5. The average molecular weight is 335 g/mol. The topological polar surface area (TPSA) is 67.8 Å². The van der Waals surface area contributed by atoms with Crippen molar-refractivity contribution >= 4 is 16.7 Å². The number of alkyl halides is 3. The molecule has 0 fully saturated rings. The third kappa shape index (κ3) is 2.82. The second kappa shape index (κ2) is 5.63. The molecular weight excluding hydrogens is 323 g/mol. The maximum atomic E-state index is 12.7. The van der Waals surface area contributed by atoms with Crippen molar-refractivity contribution in [2.75, 3.05) is 0 Å². The number of nitrogens with zero attached hydrogens (tertiary/aromatic N) is 2. The molecule has 3 aromatic rings. The Balaban J connectivity index is 2.01. The molecule has 124 valence electrons. The molecule has 0 aliphatic carbocycles. The normalized spacial score (nSPS) is 11.8. The molecule has 0 saturated heterocycles. The number of aryl methyl sites for hydroxylation is 1. The molecule has 0 amide bonds. The highest BCUT2D eigenvalue weighted by Crippen LogP contribution is 2.26. The summed E-state index contributed by atoms with van der Waals surface area (Å²) in [6.07, 6.45) is -4.69. The van der Waals surface area contributed by atoms with Gasteiger partial charge in [-0.1, -0.05) is 18.2 Å². The summed E-state index contributed by atoms with van der Waals surface area (Å²) in [5.41, 5.74) is -0.319. The number of hydrogen-bond acceptors (Lipinski definition) is 3. The number of ketones is 1. The van der Waals surface area contributed by atoms with Crippen LogP contribution in [0.4, 0.5) is 13.2 Å². The Morgan fingerprint density at radius 1 is 1.21 bits per heavy atom. The maximum absolute atomic E-state index is 12.7. The highest BCUT2D eigenvalue weighted by atomic mass is 19.4. The van der Waals surface area contributed by atoms with E-state index >= 15 is 0 Å². The molecular formula is C16H12F3N3O2. The molecule has 5 nitrogen and oxygen atoms in total. The summed E-state index contributed by atoms with van der Waals surface area (Å²) >= 11 is 0. The first kappa shape index (κ1) is 16.0. The first-order chi connectivity index (χ1) is 11.3. The number of halogens is 3. The van der Waals surface area contributed by atoms with Crippen LogP contribution in [0.25, 0.3) is 10.9 Å². The number of Topliss-reactive ketones (excluding diaryl/α,β-unsaturated/α-hetero) is 1. The molecule has 2 heterocycles. The third-order valence-electron chi connectivity index (χ3n) is 3.62. The van der Waals surface area contributed by atoms with Crippen molar-refractivity contribution in [1.29, 1.82) is 0 Å².